The zero-order valence-corrected chi connectivity index (χ0v) is 15.3. The molecule has 27 heavy (non-hydrogen) atoms. The van der Waals surface area contributed by atoms with Gasteiger partial charge in [0.15, 0.2) is 11.2 Å². The van der Waals surface area contributed by atoms with E-state index in [1.54, 1.807) is 25.3 Å². The van der Waals surface area contributed by atoms with Gasteiger partial charge in [-0.1, -0.05) is 0 Å². The Kier molecular flexibility index (Phi) is 4.05. The van der Waals surface area contributed by atoms with E-state index in [1.165, 1.54) is 17.4 Å². The molecule has 6 nitrogen and oxygen atoms in total. The van der Waals surface area contributed by atoms with E-state index in [1.807, 2.05) is 0 Å². The zero-order valence-electron chi connectivity index (χ0n) is 14.5. The van der Waals surface area contributed by atoms with Crippen molar-refractivity contribution < 1.29 is 23.4 Å². The summed E-state index contributed by atoms with van der Waals surface area (Å²) >= 11 is 1.34. The van der Waals surface area contributed by atoms with Gasteiger partial charge in [0.05, 0.1) is 16.3 Å². The molecule has 3 aromatic rings. The van der Waals surface area contributed by atoms with Crippen molar-refractivity contribution in [1.82, 2.24) is 5.32 Å². The summed E-state index contributed by atoms with van der Waals surface area (Å²) in [6.45, 7) is 3.44. The van der Waals surface area contributed by atoms with Gasteiger partial charge in [0, 0.05) is 12.1 Å². The average molecular weight is 389 g/mol. The number of aliphatic hydroxyl groups is 1. The number of halogens is 1. The van der Waals surface area contributed by atoms with E-state index in [0.29, 0.717) is 10.6 Å². The molecule has 2 aromatic heterocycles. The molecule has 0 saturated carbocycles. The molecule has 140 valence electrons. The second kappa shape index (κ2) is 6.17. The average Bonchev–Trinajstić information content (AvgIpc) is 3.05. The van der Waals surface area contributed by atoms with Gasteiger partial charge in [-0.3, -0.25) is 9.59 Å². The predicted octanol–water partition coefficient (Wildman–Crippen LogP) is 3.00. The molecule has 2 atom stereocenters. The van der Waals surface area contributed by atoms with Crippen LogP contribution in [0.4, 0.5) is 4.39 Å². The second-order valence-electron chi connectivity index (χ2n) is 6.87. The van der Waals surface area contributed by atoms with Crippen LogP contribution in [-0.2, 0) is 0 Å². The molecule has 1 aliphatic heterocycles. The summed E-state index contributed by atoms with van der Waals surface area (Å²) in [6.07, 6.45) is -1.02. The number of carbonyl (C=O) groups excluding carboxylic acids is 1. The van der Waals surface area contributed by atoms with Crippen LogP contribution < -0.4 is 15.5 Å². The number of fused-ring (bicyclic) bond motifs is 2. The number of ether oxygens (including phenoxy) is 1. The van der Waals surface area contributed by atoms with E-state index >= 15 is 0 Å². The summed E-state index contributed by atoms with van der Waals surface area (Å²) < 4.78 is 24.6. The molecule has 0 fully saturated rings. The van der Waals surface area contributed by atoms with E-state index in [0.717, 1.165) is 18.2 Å². The fraction of sp³-hybridized carbons (Fsp3) is 0.263. The first-order valence-corrected chi connectivity index (χ1v) is 9.13. The highest BCUT2D eigenvalue weighted by Crippen LogP contribution is 2.43. The van der Waals surface area contributed by atoms with Gasteiger partial charge in [-0.15, -0.1) is 11.3 Å². The number of nitrogens with one attached hydrogen (secondary N) is 1. The number of hydrogen-bond donors (Lipinski definition) is 2. The SMILES string of the molecule is CC1(C)Oc2ccsc2[C@@H](NC(=O)c2cc(=O)c3ccc(F)cc3o2)[C@@H]1O. The van der Waals surface area contributed by atoms with Crippen LogP contribution >= 0.6 is 11.3 Å². The lowest BCUT2D eigenvalue weighted by Gasteiger charge is -2.40. The quantitative estimate of drug-likeness (QED) is 0.703. The normalized spacial score (nSPS) is 20.7. The molecule has 0 unspecified atom stereocenters. The first kappa shape index (κ1) is 17.7. The number of rotatable bonds is 2. The van der Waals surface area contributed by atoms with Crippen molar-refractivity contribution in [3.63, 3.8) is 0 Å². The van der Waals surface area contributed by atoms with Gasteiger partial charge in [-0.25, -0.2) is 4.39 Å². The molecule has 0 radical (unpaired) electrons. The predicted molar refractivity (Wildman–Crippen MR) is 97.7 cm³/mol. The van der Waals surface area contributed by atoms with Crippen LogP contribution in [0.5, 0.6) is 5.75 Å². The molecule has 0 spiro atoms. The summed E-state index contributed by atoms with van der Waals surface area (Å²) in [4.78, 5) is 25.6. The summed E-state index contributed by atoms with van der Waals surface area (Å²) in [5.74, 6) is -0.928. The lowest BCUT2D eigenvalue weighted by Crippen LogP contribution is -2.53. The first-order chi connectivity index (χ1) is 12.8. The van der Waals surface area contributed by atoms with E-state index < -0.39 is 34.9 Å². The third kappa shape index (κ3) is 3.00. The molecule has 4 rings (SSSR count). The van der Waals surface area contributed by atoms with Crippen LogP contribution in [0.25, 0.3) is 11.0 Å². The van der Waals surface area contributed by atoms with Crippen LogP contribution in [0.2, 0.25) is 0 Å². The van der Waals surface area contributed by atoms with Gasteiger partial charge < -0.3 is 19.6 Å². The smallest absolute Gasteiger partial charge is 0.287 e. The van der Waals surface area contributed by atoms with E-state index in [-0.39, 0.29) is 16.7 Å². The molecule has 1 aliphatic rings. The lowest BCUT2D eigenvalue weighted by molar-refractivity contribution is -0.0613. The van der Waals surface area contributed by atoms with Crippen LogP contribution in [0, 0.1) is 5.82 Å². The fourth-order valence-electron chi connectivity index (χ4n) is 3.11. The maximum absolute atomic E-state index is 13.4. The number of thiophene rings is 1. The fourth-order valence-corrected chi connectivity index (χ4v) is 4.00. The van der Waals surface area contributed by atoms with Gasteiger partial charge in [0.25, 0.3) is 5.91 Å². The minimum absolute atomic E-state index is 0.0164. The summed E-state index contributed by atoms with van der Waals surface area (Å²) in [6, 6.07) is 5.61. The lowest BCUT2D eigenvalue weighted by atomic mass is 9.90. The van der Waals surface area contributed by atoms with Crippen LogP contribution in [0.1, 0.15) is 35.3 Å². The molecule has 0 saturated heterocycles. The number of amides is 1. The van der Waals surface area contributed by atoms with E-state index in [9.17, 15) is 19.1 Å². The molecule has 1 aromatic carbocycles. The Labute approximate surface area is 157 Å². The molecule has 8 heteroatoms. The van der Waals surface area contributed by atoms with Crippen molar-refractivity contribution in [3.05, 3.63) is 62.4 Å². The van der Waals surface area contributed by atoms with Crippen molar-refractivity contribution in [3.8, 4) is 5.75 Å². The molecule has 0 aliphatic carbocycles. The summed E-state index contributed by atoms with van der Waals surface area (Å²) in [5.41, 5.74) is -1.39. The maximum atomic E-state index is 13.4. The monoisotopic (exact) mass is 389 g/mol. The highest BCUT2D eigenvalue weighted by atomic mass is 32.1. The van der Waals surface area contributed by atoms with E-state index in [2.05, 4.69) is 5.32 Å². The Morgan fingerprint density at radius 2 is 2.07 bits per heavy atom. The Morgan fingerprint density at radius 1 is 1.30 bits per heavy atom. The highest BCUT2D eigenvalue weighted by molar-refractivity contribution is 7.10. The Balaban J connectivity index is 1.70. The molecule has 2 N–H and O–H groups in total. The molecular formula is C19H16FNO5S. The van der Waals surface area contributed by atoms with Crippen molar-refractivity contribution in [2.75, 3.05) is 0 Å². The molecule has 3 heterocycles. The van der Waals surface area contributed by atoms with Gasteiger partial charge in [-0.2, -0.15) is 0 Å². The zero-order chi connectivity index (χ0) is 19.3. The van der Waals surface area contributed by atoms with Gasteiger partial charge in [-0.05, 0) is 37.4 Å². The third-order valence-electron chi connectivity index (χ3n) is 4.54. The number of hydrogen-bond acceptors (Lipinski definition) is 6. The highest BCUT2D eigenvalue weighted by Gasteiger charge is 2.44. The maximum Gasteiger partial charge on any atom is 0.287 e. The topological polar surface area (TPSA) is 88.8 Å². The van der Waals surface area contributed by atoms with Gasteiger partial charge in [0.1, 0.15) is 28.9 Å². The van der Waals surface area contributed by atoms with Crippen molar-refractivity contribution in [2.45, 2.75) is 31.6 Å². The van der Waals surface area contributed by atoms with Crippen LogP contribution in [0.3, 0.4) is 0 Å². The number of benzene rings is 1. The van der Waals surface area contributed by atoms with Gasteiger partial charge in [0.2, 0.25) is 0 Å². The van der Waals surface area contributed by atoms with Crippen LogP contribution in [-0.4, -0.2) is 22.7 Å². The molecule has 0 bridgehead atoms. The van der Waals surface area contributed by atoms with Crippen LogP contribution in [0.15, 0.2) is 44.9 Å². The van der Waals surface area contributed by atoms with E-state index in [4.69, 9.17) is 9.15 Å². The van der Waals surface area contributed by atoms with Crippen molar-refractivity contribution in [2.24, 2.45) is 0 Å². The number of aliphatic hydroxyl groups excluding tert-OH is 1. The third-order valence-corrected chi connectivity index (χ3v) is 5.52. The largest absolute Gasteiger partial charge is 0.484 e. The summed E-state index contributed by atoms with van der Waals surface area (Å²) in [5, 5.41) is 15.3. The Morgan fingerprint density at radius 3 is 2.85 bits per heavy atom. The van der Waals surface area contributed by atoms with Crippen molar-refractivity contribution >= 4 is 28.2 Å². The molecular weight excluding hydrogens is 373 g/mol. The standard InChI is InChI=1S/C19H16FNO5S/c1-19(2)17(23)15(16-12(26-19)5-6-27-16)21-18(24)14-8-11(22)10-4-3-9(20)7-13(10)25-14/h3-8,15,17,23H,1-2H3,(H,21,24)/t15-,17+/m1/s1. The second-order valence-corrected chi connectivity index (χ2v) is 7.81. The minimum atomic E-state index is -1.02. The minimum Gasteiger partial charge on any atom is -0.484 e. The Bertz CT molecular complexity index is 1100. The Hall–Kier alpha value is -2.71. The number of carbonyl (C=O) groups is 1. The van der Waals surface area contributed by atoms with Crippen molar-refractivity contribution in [1.29, 1.82) is 0 Å². The van der Waals surface area contributed by atoms with Gasteiger partial charge >= 0.3 is 0 Å². The first-order valence-electron chi connectivity index (χ1n) is 8.25. The molecule has 1 amide bonds. The summed E-state index contributed by atoms with van der Waals surface area (Å²) in [7, 11) is 0.